The molecule has 0 saturated carbocycles. The number of allylic oxidation sites excluding steroid dienone is 3. The molecule has 0 spiro atoms. The van der Waals surface area contributed by atoms with E-state index in [1.165, 1.54) is 5.57 Å². The third-order valence-corrected chi connectivity index (χ3v) is 1.07. The van der Waals surface area contributed by atoms with E-state index in [2.05, 4.69) is 45.7 Å². The lowest BCUT2D eigenvalue weighted by Crippen LogP contribution is -1.57. The molecule has 0 aromatic carbocycles. The van der Waals surface area contributed by atoms with E-state index in [4.69, 9.17) is 0 Å². The summed E-state index contributed by atoms with van der Waals surface area (Å²) in [6.07, 6.45) is 3.98. The fourth-order valence-corrected chi connectivity index (χ4v) is 0.494. The normalized spacial score (nSPS) is 8.00. The van der Waals surface area contributed by atoms with Crippen molar-refractivity contribution >= 4 is 31.9 Å². The minimum absolute atomic E-state index is 0.978. The zero-order valence-electron chi connectivity index (χ0n) is 4.91. The van der Waals surface area contributed by atoms with Crippen LogP contribution in [0.2, 0.25) is 0 Å². The molecule has 2 heteroatoms. The van der Waals surface area contributed by atoms with Gasteiger partial charge in [-0.2, -0.15) is 0 Å². The molecule has 0 heterocycles. The van der Waals surface area contributed by atoms with Crippen LogP contribution in [0.4, 0.5) is 0 Å². The molecular weight excluding hydrogens is 232 g/mol. The molecule has 0 rings (SSSR count). The molecular formula is C6H8Br2. The molecule has 0 atom stereocenters. The highest BCUT2D eigenvalue weighted by atomic mass is 79.9. The fourth-order valence-electron chi connectivity index (χ4n) is 0.230. The van der Waals surface area contributed by atoms with Gasteiger partial charge in [0.1, 0.15) is 0 Å². The van der Waals surface area contributed by atoms with Crippen molar-refractivity contribution in [3.05, 3.63) is 21.1 Å². The SMILES string of the molecule is CC(C)=CC=C(Br)Br. The summed E-state index contributed by atoms with van der Waals surface area (Å²) in [5.74, 6) is 0. The van der Waals surface area contributed by atoms with E-state index < -0.39 is 0 Å². The van der Waals surface area contributed by atoms with Gasteiger partial charge < -0.3 is 0 Å². The molecule has 0 aliphatic rings. The van der Waals surface area contributed by atoms with E-state index in [-0.39, 0.29) is 0 Å². The van der Waals surface area contributed by atoms with E-state index in [1.54, 1.807) is 0 Å². The van der Waals surface area contributed by atoms with Crippen molar-refractivity contribution in [2.24, 2.45) is 0 Å². The Morgan fingerprint density at radius 2 is 1.62 bits per heavy atom. The smallest absolute Gasteiger partial charge is 0.0604 e. The minimum Gasteiger partial charge on any atom is -0.0764 e. The Balaban J connectivity index is 3.76. The molecule has 0 aliphatic carbocycles. The van der Waals surface area contributed by atoms with Crippen molar-refractivity contribution < 1.29 is 0 Å². The van der Waals surface area contributed by atoms with Gasteiger partial charge in [-0.05, 0) is 51.8 Å². The zero-order chi connectivity index (χ0) is 6.57. The van der Waals surface area contributed by atoms with Crippen LogP contribution in [-0.2, 0) is 0 Å². The minimum atomic E-state index is 0.978. The van der Waals surface area contributed by atoms with Crippen LogP contribution in [0.25, 0.3) is 0 Å². The maximum atomic E-state index is 3.24. The topological polar surface area (TPSA) is 0 Å². The largest absolute Gasteiger partial charge is 0.0764 e. The standard InChI is InChI=1S/C6H8Br2/c1-5(2)3-4-6(7)8/h3-4H,1-2H3. The predicted molar refractivity (Wildman–Crippen MR) is 45.4 cm³/mol. The lowest BCUT2D eigenvalue weighted by molar-refractivity contribution is 1.39. The van der Waals surface area contributed by atoms with E-state index in [0.29, 0.717) is 0 Å². The highest BCUT2D eigenvalue weighted by molar-refractivity contribution is 9.28. The second-order valence-corrected chi connectivity index (χ2v) is 4.47. The van der Waals surface area contributed by atoms with Gasteiger partial charge in [-0.3, -0.25) is 0 Å². The first-order valence-corrected chi connectivity index (χ1v) is 3.87. The molecule has 0 N–H and O–H groups in total. The van der Waals surface area contributed by atoms with Crippen LogP contribution in [0.5, 0.6) is 0 Å². The molecule has 0 nitrogen and oxygen atoms in total. The first-order chi connectivity index (χ1) is 3.63. The first-order valence-electron chi connectivity index (χ1n) is 2.29. The maximum absolute atomic E-state index is 3.24. The zero-order valence-corrected chi connectivity index (χ0v) is 8.08. The summed E-state index contributed by atoms with van der Waals surface area (Å²) in [4.78, 5) is 0. The van der Waals surface area contributed by atoms with Crippen molar-refractivity contribution in [3.63, 3.8) is 0 Å². The molecule has 0 saturated heterocycles. The molecule has 0 aliphatic heterocycles. The Morgan fingerprint density at radius 1 is 1.12 bits per heavy atom. The van der Waals surface area contributed by atoms with Crippen molar-refractivity contribution in [2.75, 3.05) is 0 Å². The molecule has 0 aromatic heterocycles. The van der Waals surface area contributed by atoms with Gasteiger partial charge in [0.15, 0.2) is 0 Å². The molecule has 0 aromatic rings. The van der Waals surface area contributed by atoms with Crippen molar-refractivity contribution in [3.8, 4) is 0 Å². The number of halogens is 2. The number of rotatable bonds is 1. The summed E-state index contributed by atoms with van der Waals surface area (Å²) in [5, 5.41) is 0. The van der Waals surface area contributed by atoms with Crippen molar-refractivity contribution in [2.45, 2.75) is 13.8 Å². The van der Waals surface area contributed by atoms with Crippen molar-refractivity contribution in [1.29, 1.82) is 0 Å². The summed E-state index contributed by atoms with van der Waals surface area (Å²) in [6.45, 7) is 4.11. The Kier molecular flexibility index (Phi) is 4.57. The van der Waals surface area contributed by atoms with E-state index in [0.717, 1.165) is 3.39 Å². The molecule has 8 heavy (non-hydrogen) atoms. The van der Waals surface area contributed by atoms with Gasteiger partial charge in [0.25, 0.3) is 0 Å². The summed E-state index contributed by atoms with van der Waals surface area (Å²) in [6, 6.07) is 0. The van der Waals surface area contributed by atoms with Crippen LogP contribution in [0.15, 0.2) is 21.1 Å². The predicted octanol–water partition coefficient (Wildman–Crippen LogP) is 3.58. The van der Waals surface area contributed by atoms with Gasteiger partial charge in [0.05, 0.1) is 3.39 Å². The van der Waals surface area contributed by atoms with Gasteiger partial charge in [0, 0.05) is 0 Å². The van der Waals surface area contributed by atoms with E-state index in [9.17, 15) is 0 Å². The highest BCUT2D eigenvalue weighted by Crippen LogP contribution is 2.12. The van der Waals surface area contributed by atoms with Crippen LogP contribution in [0, 0.1) is 0 Å². The van der Waals surface area contributed by atoms with Crippen LogP contribution in [-0.4, -0.2) is 0 Å². The summed E-state index contributed by atoms with van der Waals surface area (Å²) >= 11 is 6.47. The van der Waals surface area contributed by atoms with Crippen molar-refractivity contribution in [1.82, 2.24) is 0 Å². The monoisotopic (exact) mass is 238 g/mol. The van der Waals surface area contributed by atoms with Crippen LogP contribution in [0.3, 0.4) is 0 Å². The third-order valence-electron chi connectivity index (χ3n) is 0.543. The second kappa shape index (κ2) is 4.33. The van der Waals surface area contributed by atoms with E-state index >= 15 is 0 Å². The Labute approximate surface area is 66.9 Å². The lowest BCUT2D eigenvalue weighted by Gasteiger charge is -1.81. The molecule has 0 amide bonds. The highest BCUT2D eigenvalue weighted by Gasteiger charge is 1.75. The summed E-state index contributed by atoms with van der Waals surface area (Å²) in [5.41, 5.74) is 1.29. The maximum Gasteiger partial charge on any atom is 0.0604 e. The van der Waals surface area contributed by atoms with Gasteiger partial charge in [0.2, 0.25) is 0 Å². The second-order valence-electron chi connectivity index (χ2n) is 1.70. The van der Waals surface area contributed by atoms with Gasteiger partial charge in [-0.1, -0.05) is 11.6 Å². The number of hydrogen-bond donors (Lipinski definition) is 0. The first kappa shape index (κ1) is 8.44. The molecule has 46 valence electrons. The summed E-state index contributed by atoms with van der Waals surface area (Å²) < 4.78 is 0.978. The van der Waals surface area contributed by atoms with Crippen LogP contribution >= 0.6 is 31.9 Å². The van der Waals surface area contributed by atoms with Gasteiger partial charge >= 0.3 is 0 Å². The Bertz CT molecular complexity index is 98.5. The van der Waals surface area contributed by atoms with Gasteiger partial charge in [-0.15, -0.1) is 0 Å². The summed E-state index contributed by atoms with van der Waals surface area (Å²) in [7, 11) is 0. The van der Waals surface area contributed by atoms with E-state index in [1.807, 2.05) is 12.2 Å². The fraction of sp³-hybridized carbons (Fsp3) is 0.333. The molecule has 0 fully saturated rings. The average Bonchev–Trinajstić information content (AvgIpc) is 1.61. The lowest BCUT2D eigenvalue weighted by atomic mass is 10.3. The average molecular weight is 240 g/mol. The van der Waals surface area contributed by atoms with Crippen LogP contribution in [0.1, 0.15) is 13.8 Å². The van der Waals surface area contributed by atoms with Gasteiger partial charge in [-0.25, -0.2) is 0 Å². The number of hydrogen-bond acceptors (Lipinski definition) is 0. The Hall–Kier alpha value is 0.440. The quantitative estimate of drug-likeness (QED) is 0.614. The third kappa shape index (κ3) is 6.44. The van der Waals surface area contributed by atoms with Crippen LogP contribution < -0.4 is 0 Å². The molecule has 0 bridgehead atoms. The molecule has 0 unspecified atom stereocenters. The Morgan fingerprint density at radius 3 is 1.75 bits per heavy atom. The molecule has 0 radical (unpaired) electrons.